The number of aromatic nitrogens is 3. The van der Waals surface area contributed by atoms with Gasteiger partial charge in [0.05, 0.1) is 25.5 Å². The number of methoxy groups -OCH3 is 1. The number of aromatic hydroxyl groups is 1. The number of ether oxygens (including phenoxy) is 1. The quantitative estimate of drug-likeness (QED) is 0.760. The summed E-state index contributed by atoms with van der Waals surface area (Å²) in [5, 5.41) is 17.1. The molecule has 134 valence electrons. The SMILES string of the molecule is COc1cccc(N(Cc2cccc(O)c2)C(=O)c2cnnn2C)c1F. The van der Waals surface area contributed by atoms with E-state index in [1.807, 2.05) is 0 Å². The fourth-order valence-corrected chi connectivity index (χ4v) is 2.59. The van der Waals surface area contributed by atoms with E-state index in [0.717, 1.165) is 0 Å². The third-order valence-corrected chi connectivity index (χ3v) is 3.88. The Morgan fingerprint density at radius 1 is 1.31 bits per heavy atom. The van der Waals surface area contributed by atoms with Crippen molar-refractivity contribution >= 4 is 11.6 Å². The number of hydrogen-bond acceptors (Lipinski definition) is 5. The fraction of sp³-hybridized carbons (Fsp3) is 0.167. The van der Waals surface area contributed by atoms with Gasteiger partial charge >= 0.3 is 0 Å². The second kappa shape index (κ2) is 7.22. The number of aryl methyl sites for hydroxylation is 1. The van der Waals surface area contributed by atoms with Crippen LogP contribution in [0.1, 0.15) is 16.1 Å². The van der Waals surface area contributed by atoms with Crippen LogP contribution >= 0.6 is 0 Å². The van der Waals surface area contributed by atoms with Crippen molar-refractivity contribution in [3.8, 4) is 11.5 Å². The number of amides is 1. The summed E-state index contributed by atoms with van der Waals surface area (Å²) in [5.74, 6) is -1.05. The molecule has 2 aromatic carbocycles. The van der Waals surface area contributed by atoms with Crippen LogP contribution in [-0.2, 0) is 13.6 Å². The molecule has 0 atom stereocenters. The van der Waals surface area contributed by atoms with E-state index in [2.05, 4.69) is 10.3 Å². The maximum absolute atomic E-state index is 14.8. The molecule has 7 nitrogen and oxygen atoms in total. The van der Waals surface area contributed by atoms with Crippen LogP contribution in [-0.4, -0.2) is 33.1 Å². The summed E-state index contributed by atoms with van der Waals surface area (Å²) < 4.78 is 21.1. The van der Waals surface area contributed by atoms with E-state index >= 15 is 0 Å². The molecule has 0 aliphatic carbocycles. The maximum atomic E-state index is 14.8. The number of phenolic OH excluding ortho intramolecular Hbond substituents is 1. The molecule has 0 fully saturated rings. The molecule has 0 saturated heterocycles. The highest BCUT2D eigenvalue weighted by atomic mass is 19.1. The Morgan fingerprint density at radius 2 is 2.08 bits per heavy atom. The van der Waals surface area contributed by atoms with Gasteiger partial charge in [0.2, 0.25) is 0 Å². The van der Waals surface area contributed by atoms with E-state index in [-0.39, 0.29) is 29.4 Å². The molecule has 0 saturated carbocycles. The van der Waals surface area contributed by atoms with Crippen molar-refractivity contribution in [2.45, 2.75) is 6.54 Å². The van der Waals surface area contributed by atoms with Gasteiger partial charge in [0.1, 0.15) is 11.4 Å². The van der Waals surface area contributed by atoms with E-state index in [0.29, 0.717) is 5.56 Å². The second-order valence-corrected chi connectivity index (χ2v) is 5.60. The first-order chi connectivity index (χ1) is 12.5. The molecule has 0 unspecified atom stereocenters. The highest BCUT2D eigenvalue weighted by molar-refractivity contribution is 6.04. The lowest BCUT2D eigenvalue weighted by Crippen LogP contribution is -2.32. The molecule has 0 spiro atoms. The summed E-state index contributed by atoms with van der Waals surface area (Å²) in [6, 6.07) is 11.0. The lowest BCUT2D eigenvalue weighted by atomic mass is 10.1. The summed E-state index contributed by atoms with van der Waals surface area (Å²) in [6.45, 7) is 0.0441. The molecule has 3 aromatic rings. The average molecular weight is 356 g/mol. The Bertz CT molecular complexity index is 942. The Balaban J connectivity index is 2.07. The third-order valence-electron chi connectivity index (χ3n) is 3.88. The van der Waals surface area contributed by atoms with Crippen LogP contribution in [0.3, 0.4) is 0 Å². The van der Waals surface area contributed by atoms with Gasteiger partial charge in [-0.05, 0) is 29.8 Å². The second-order valence-electron chi connectivity index (χ2n) is 5.60. The van der Waals surface area contributed by atoms with Gasteiger partial charge in [-0.1, -0.05) is 23.4 Å². The van der Waals surface area contributed by atoms with Crippen LogP contribution in [0.25, 0.3) is 0 Å². The zero-order chi connectivity index (χ0) is 18.7. The number of nitrogens with zero attached hydrogens (tertiary/aromatic N) is 4. The van der Waals surface area contributed by atoms with Crippen molar-refractivity contribution in [3.63, 3.8) is 0 Å². The highest BCUT2D eigenvalue weighted by Crippen LogP contribution is 2.30. The molecular weight excluding hydrogens is 339 g/mol. The van der Waals surface area contributed by atoms with Gasteiger partial charge in [-0.3, -0.25) is 9.69 Å². The van der Waals surface area contributed by atoms with Gasteiger partial charge in [0.15, 0.2) is 11.6 Å². The van der Waals surface area contributed by atoms with E-state index < -0.39 is 11.7 Å². The molecule has 0 aliphatic rings. The molecule has 1 N–H and O–H groups in total. The van der Waals surface area contributed by atoms with Crippen molar-refractivity contribution in [2.24, 2.45) is 7.05 Å². The van der Waals surface area contributed by atoms with Crippen LogP contribution in [0.2, 0.25) is 0 Å². The Kier molecular flexibility index (Phi) is 4.83. The van der Waals surface area contributed by atoms with Crippen molar-refractivity contribution < 1.29 is 19.0 Å². The van der Waals surface area contributed by atoms with Crippen molar-refractivity contribution in [2.75, 3.05) is 12.0 Å². The first kappa shape index (κ1) is 17.4. The van der Waals surface area contributed by atoms with E-state index in [1.54, 1.807) is 25.2 Å². The van der Waals surface area contributed by atoms with Gasteiger partial charge in [-0.25, -0.2) is 9.07 Å². The third kappa shape index (κ3) is 3.34. The zero-order valence-electron chi connectivity index (χ0n) is 14.3. The van der Waals surface area contributed by atoms with Crippen LogP contribution in [0.15, 0.2) is 48.7 Å². The summed E-state index contributed by atoms with van der Waals surface area (Å²) in [5.41, 5.74) is 0.891. The van der Waals surface area contributed by atoms with Gasteiger partial charge in [-0.15, -0.1) is 5.10 Å². The van der Waals surface area contributed by atoms with Gasteiger partial charge < -0.3 is 9.84 Å². The first-order valence-electron chi connectivity index (χ1n) is 7.78. The van der Waals surface area contributed by atoms with Gasteiger partial charge in [0, 0.05) is 7.05 Å². The lowest BCUT2D eigenvalue weighted by molar-refractivity contribution is 0.0975. The minimum absolute atomic E-state index is 0.0272. The van der Waals surface area contributed by atoms with Gasteiger partial charge in [0.25, 0.3) is 5.91 Å². The number of anilines is 1. The minimum atomic E-state index is -0.654. The summed E-state index contributed by atoms with van der Waals surface area (Å²) >= 11 is 0. The normalized spacial score (nSPS) is 10.6. The minimum Gasteiger partial charge on any atom is -0.508 e. The lowest BCUT2D eigenvalue weighted by Gasteiger charge is -2.24. The maximum Gasteiger partial charge on any atom is 0.278 e. The largest absolute Gasteiger partial charge is 0.508 e. The summed E-state index contributed by atoms with van der Waals surface area (Å²) in [7, 11) is 2.93. The number of hydrogen-bond donors (Lipinski definition) is 1. The number of benzene rings is 2. The van der Waals surface area contributed by atoms with E-state index in [4.69, 9.17) is 4.74 Å². The standard InChI is InChI=1S/C18H17FN4O3/c1-22-15(10-20-21-22)18(25)23(11-12-5-3-6-13(24)9-12)14-7-4-8-16(26-2)17(14)19/h3-10,24H,11H2,1-2H3. The predicted molar refractivity (Wildman–Crippen MR) is 92.6 cm³/mol. The molecule has 0 bridgehead atoms. The Hall–Kier alpha value is -3.42. The topological polar surface area (TPSA) is 80.5 Å². The van der Waals surface area contributed by atoms with Crippen molar-refractivity contribution in [1.29, 1.82) is 0 Å². The fourth-order valence-electron chi connectivity index (χ4n) is 2.59. The summed E-state index contributed by atoms with van der Waals surface area (Å²) in [6.07, 6.45) is 1.32. The molecule has 26 heavy (non-hydrogen) atoms. The smallest absolute Gasteiger partial charge is 0.278 e. The molecule has 0 radical (unpaired) electrons. The summed E-state index contributed by atoms with van der Waals surface area (Å²) in [4.78, 5) is 14.3. The molecule has 1 amide bonds. The molecule has 1 heterocycles. The number of carbonyl (C=O) groups is 1. The molecule has 1 aromatic heterocycles. The average Bonchev–Trinajstić information content (AvgIpc) is 3.06. The highest BCUT2D eigenvalue weighted by Gasteiger charge is 2.25. The van der Waals surface area contributed by atoms with Gasteiger partial charge in [-0.2, -0.15) is 0 Å². The van der Waals surface area contributed by atoms with Crippen LogP contribution in [0.4, 0.5) is 10.1 Å². The number of phenols is 1. The Morgan fingerprint density at radius 3 is 2.73 bits per heavy atom. The van der Waals surface area contributed by atoms with E-state index in [1.165, 1.54) is 47.2 Å². The monoisotopic (exact) mass is 356 g/mol. The molecular formula is C18H17FN4O3. The van der Waals surface area contributed by atoms with Crippen molar-refractivity contribution in [1.82, 2.24) is 15.0 Å². The first-order valence-corrected chi connectivity index (χ1v) is 7.78. The Labute approximate surface area is 149 Å². The van der Waals surface area contributed by atoms with Crippen LogP contribution in [0, 0.1) is 5.82 Å². The van der Waals surface area contributed by atoms with E-state index in [9.17, 15) is 14.3 Å². The molecule has 8 heteroatoms. The number of halogens is 1. The zero-order valence-corrected chi connectivity index (χ0v) is 14.3. The molecule has 0 aliphatic heterocycles. The van der Waals surface area contributed by atoms with Crippen LogP contribution < -0.4 is 9.64 Å². The van der Waals surface area contributed by atoms with Crippen LogP contribution in [0.5, 0.6) is 11.5 Å². The number of rotatable bonds is 5. The van der Waals surface area contributed by atoms with Crippen molar-refractivity contribution in [3.05, 3.63) is 65.7 Å². The predicted octanol–water partition coefficient (Wildman–Crippen LogP) is 2.52. The number of carbonyl (C=O) groups excluding carboxylic acids is 1. The molecule has 3 rings (SSSR count).